The lowest BCUT2D eigenvalue weighted by Gasteiger charge is -2.25. The van der Waals surface area contributed by atoms with Gasteiger partial charge in [0.2, 0.25) is 0 Å². The number of nitrogens with zero attached hydrogens (tertiary/aromatic N) is 1. The first kappa shape index (κ1) is 13.6. The standard InChI is InChI=1S/C14H18BrNO2/c15-13-8-2-1-7-12(13)14(18)16-9-3-5-11(16)6-4-10-17/h1-2,7-8,11,17H,3-6,9-10H2. The molecule has 18 heavy (non-hydrogen) atoms. The van der Waals surface area contributed by atoms with Crippen molar-refractivity contribution in [3.8, 4) is 0 Å². The molecule has 0 radical (unpaired) electrons. The van der Waals surface area contributed by atoms with Gasteiger partial charge in [0, 0.05) is 23.7 Å². The second-order valence-electron chi connectivity index (χ2n) is 4.64. The number of hydrogen-bond donors (Lipinski definition) is 1. The van der Waals surface area contributed by atoms with E-state index in [2.05, 4.69) is 15.9 Å². The van der Waals surface area contributed by atoms with Crippen molar-refractivity contribution in [2.24, 2.45) is 0 Å². The van der Waals surface area contributed by atoms with Gasteiger partial charge in [-0.3, -0.25) is 4.79 Å². The Balaban J connectivity index is 2.10. The molecule has 0 aliphatic carbocycles. The molecule has 0 spiro atoms. The molecular weight excluding hydrogens is 294 g/mol. The Morgan fingerprint density at radius 2 is 2.22 bits per heavy atom. The van der Waals surface area contributed by atoms with Gasteiger partial charge in [-0.05, 0) is 53.7 Å². The van der Waals surface area contributed by atoms with Crippen molar-refractivity contribution in [1.29, 1.82) is 0 Å². The number of benzene rings is 1. The molecule has 1 saturated heterocycles. The van der Waals surface area contributed by atoms with Crippen molar-refractivity contribution in [3.05, 3.63) is 34.3 Å². The van der Waals surface area contributed by atoms with Crippen molar-refractivity contribution in [2.45, 2.75) is 31.7 Å². The largest absolute Gasteiger partial charge is 0.396 e. The number of aliphatic hydroxyl groups is 1. The van der Waals surface area contributed by atoms with E-state index >= 15 is 0 Å². The van der Waals surface area contributed by atoms with Crippen LogP contribution in [0.1, 0.15) is 36.0 Å². The molecule has 1 aliphatic rings. The second-order valence-corrected chi connectivity index (χ2v) is 5.49. The van der Waals surface area contributed by atoms with Crippen LogP contribution in [0.2, 0.25) is 0 Å². The summed E-state index contributed by atoms with van der Waals surface area (Å²) in [6.45, 7) is 1.03. The predicted octanol–water partition coefficient (Wildman–Crippen LogP) is 2.83. The number of carbonyl (C=O) groups is 1. The van der Waals surface area contributed by atoms with Crippen molar-refractivity contribution >= 4 is 21.8 Å². The maximum Gasteiger partial charge on any atom is 0.255 e. The lowest BCUT2D eigenvalue weighted by Crippen LogP contribution is -2.35. The molecule has 1 heterocycles. The summed E-state index contributed by atoms with van der Waals surface area (Å²) in [6.07, 6.45) is 3.78. The third-order valence-corrected chi connectivity index (χ3v) is 4.13. The Morgan fingerprint density at radius 1 is 1.44 bits per heavy atom. The molecule has 1 N–H and O–H groups in total. The molecule has 3 nitrogen and oxygen atoms in total. The number of carbonyl (C=O) groups excluding carboxylic acids is 1. The fraction of sp³-hybridized carbons (Fsp3) is 0.500. The van der Waals surface area contributed by atoms with Gasteiger partial charge in [-0.2, -0.15) is 0 Å². The van der Waals surface area contributed by atoms with Crippen LogP contribution in [0.4, 0.5) is 0 Å². The highest BCUT2D eigenvalue weighted by molar-refractivity contribution is 9.10. The minimum atomic E-state index is 0.0999. The van der Waals surface area contributed by atoms with E-state index < -0.39 is 0 Å². The molecule has 1 aliphatic heterocycles. The quantitative estimate of drug-likeness (QED) is 0.929. The van der Waals surface area contributed by atoms with Crippen LogP contribution in [-0.4, -0.2) is 35.1 Å². The van der Waals surface area contributed by atoms with Crippen molar-refractivity contribution in [2.75, 3.05) is 13.2 Å². The van der Waals surface area contributed by atoms with Crippen LogP contribution in [0.5, 0.6) is 0 Å². The summed E-state index contributed by atoms with van der Waals surface area (Å²) in [5.41, 5.74) is 0.730. The zero-order chi connectivity index (χ0) is 13.0. The van der Waals surface area contributed by atoms with Crippen LogP contribution in [0.3, 0.4) is 0 Å². The molecule has 1 atom stereocenters. The van der Waals surface area contributed by atoms with Gasteiger partial charge < -0.3 is 10.0 Å². The molecule has 98 valence electrons. The minimum Gasteiger partial charge on any atom is -0.396 e. The number of likely N-dealkylation sites (tertiary alicyclic amines) is 1. The topological polar surface area (TPSA) is 40.5 Å². The first-order chi connectivity index (χ1) is 8.74. The third-order valence-electron chi connectivity index (χ3n) is 3.44. The highest BCUT2D eigenvalue weighted by atomic mass is 79.9. The van der Waals surface area contributed by atoms with E-state index in [1.54, 1.807) is 0 Å². The van der Waals surface area contributed by atoms with Crippen LogP contribution in [0, 0.1) is 0 Å². The van der Waals surface area contributed by atoms with Gasteiger partial charge in [-0.25, -0.2) is 0 Å². The van der Waals surface area contributed by atoms with Crippen LogP contribution >= 0.6 is 15.9 Å². The van der Waals surface area contributed by atoms with Crippen LogP contribution in [0.15, 0.2) is 28.7 Å². The van der Waals surface area contributed by atoms with Crippen LogP contribution in [-0.2, 0) is 0 Å². The summed E-state index contributed by atoms with van der Waals surface area (Å²) in [7, 11) is 0. The summed E-state index contributed by atoms with van der Waals surface area (Å²) in [4.78, 5) is 14.4. The Kier molecular flexibility index (Phi) is 4.78. The summed E-state index contributed by atoms with van der Waals surface area (Å²) >= 11 is 3.43. The fourth-order valence-corrected chi connectivity index (χ4v) is 2.97. The molecule has 1 aromatic rings. The van der Waals surface area contributed by atoms with E-state index in [-0.39, 0.29) is 18.6 Å². The van der Waals surface area contributed by atoms with Crippen molar-refractivity contribution in [3.63, 3.8) is 0 Å². The van der Waals surface area contributed by atoms with Gasteiger partial charge >= 0.3 is 0 Å². The maximum atomic E-state index is 12.5. The molecular formula is C14H18BrNO2. The van der Waals surface area contributed by atoms with Gasteiger partial charge in [0.15, 0.2) is 0 Å². The number of halogens is 1. The SMILES string of the molecule is O=C(c1ccccc1Br)N1CCCC1CCCO. The van der Waals surface area contributed by atoms with E-state index in [4.69, 9.17) is 5.11 Å². The summed E-state index contributed by atoms with van der Waals surface area (Å²) in [5.74, 6) is 0.0999. The van der Waals surface area contributed by atoms with Gasteiger partial charge in [-0.1, -0.05) is 12.1 Å². The molecule has 1 amide bonds. The molecule has 1 fully saturated rings. The summed E-state index contributed by atoms with van der Waals surface area (Å²) in [5, 5.41) is 8.90. The Labute approximate surface area is 116 Å². The first-order valence-corrected chi connectivity index (χ1v) is 7.19. The fourth-order valence-electron chi connectivity index (χ4n) is 2.52. The predicted molar refractivity (Wildman–Crippen MR) is 74.5 cm³/mol. The second kappa shape index (κ2) is 6.34. The average molecular weight is 312 g/mol. The van der Waals surface area contributed by atoms with E-state index in [1.165, 1.54) is 0 Å². The Bertz CT molecular complexity index is 422. The molecule has 0 aromatic heterocycles. The number of aliphatic hydroxyl groups excluding tert-OH is 1. The third kappa shape index (κ3) is 2.93. The van der Waals surface area contributed by atoms with E-state index in [0.717, 1.165) is 42.3 Å². The van der Waals surface area contributed by atoms with Crippen molar-refractivity contribution in [1.82, 2.24) is 4.90 Å². The monoisotopic (exact) mass is 311 g/mol. The van der Waals surface area contributed by atoms with Crippen LogP contribution < -0.4 is 0 Å². The molecule has 1 unspecified atom stereocenters. The zero-order valence-corrected chi connectivity index (χ0v) is 11.9. The zero-order valence-electron chi connectivity index (χ0n) is 10.3. The Hall–Kier alpha value is -0.870. The maximum absolute atomic E-state index is 12.5. The van der Waals surface area contributed by atoms with Gasteiger partial charge in [0.05, 0.1) is 5.56 Å². The Morgan fingerprint density at radius 3 is 2.94 bits per heavy atom. The summed E-state index contributed by atoms with van der Waals surface area (Å²) < 4.78 is 0.850. The molecule has 0 bridgehead atoms. The van der Waals surface area contributed by atoms with Gasteiger partial charge in [0.1, 0.15) is 0 Å². The number of rotatable bonds is 4. The van der Waals surface area contributed by atoms with Crippen LogP contribution in [0.25, 0.3) is 0 Å². The lowest BCUT2D eigenvalue weighted by atomic mass is 10.1. The van der Waals surface area contributed by atoms with E-state index in [9.17, 15) is 4.79 Å². The highest BCUT2D eigenvalue weighted by Crippen LogP contribution is 2.26. The molecule has 0 saturated carbocycles. The van der Waals surface area contributed by atoms with Gasteiger partial charge in [-0.15, -0.1) is 0 Å². The number of hydrogen-bond acceptors (Lipinski definition) is 2. The molecule has 2 rings (SSSR count). The lowest BCUT2D eigenvalue weighted by molar-refractivity contribution is 0.0723. The summed E-state index contributed by atoms with van der Waals surface area (Å²) in [6, 6.07) is 7.84. The van der Waals surface area contributed by atoms with E-state index in [0.29, 0.717) is 0 Å². The van der Waals surface area contributed by atoms with Gasteiger partial charge in [0.25, 0.3) is 5.91 Å². The smallest absolute Gasteiger partial charge is 0.255 e. The van der Waals surface area contributed by atoms with Crippen molar-refractivity contribution < 1.29 is 9.90 Å². The molecule has 4 heteroatoms. The number of amides is 1. The molecule has 1 aromatic carbocycles. The average Bonchev–Trinajstić information content (AvgIpc) is 2.84. The minimum absolute atomic E-state index is 0.0999. The highest BCUT2D eigenvalue weighted by Gasteiger charge is 2.29. The van der Waals surface area contributed by atoms with E-state index in [1.807, 2.05) is 29.2 Å². The normalized spacial score (nSPS) is 19.2. The first-order valence-electron chi connectivity index (χ1n) is 6.40.